The normalized spacial score (nSPS) is 17.4. The summed E-state index contributed by atoms with van der Waals surface area (Å²) >= 11 is 1.57. The van der Waals surface area contributed by atoms with Crippen molar-refractivity contribution >= 4 is 44.7 Å². The number of piperazine rings is 1. The van der Waals surface area contributed by atoms with Crippen LogP contribution in [0.4, 0.5) is 15.8 Å². The molecule has 1 fully saturated rings. The van der Waals surface area contributed by atoms with E-state index in [1.165, 1.54) is 4.90 Å². The van der Waals surface area contributed by atoms with Crippen molar-refractivity contribution in [3.05, 3.63) is 58.7 Å². The lowest BCUT2D eigenvalue weighted by molar-refractivity contribution is -0.140. The zero-order valence-corrected chi connectivity index (χ0v) is 21.4. The first-order valence-corrected chi connectivity index (χ1v) is 13.6. The van der Waals surface area contributed by atoms with Crippen LogP contribution in [-0.4, -0.2) is 60.6 Å². The number of carbonyl (C=O) groups is 2. The number of anilines is 2. The largest absolute Gasteiger partial charge is 0.480 e. The van der Waals surface area contributed by atoms with E-state index in [1.54, 1.807) is 23.5 Å². The maximum atomic E-state index is 14.1. The maximum Gasteiger partial charge on any atom is 0.326 e. The number of fused-ring (bicyclic) bond motifs is 2. The minimum Gasteiger partial charge on any atom is -0.480 e. The summed E-state index contributed by atoms with van der Waals surface area (Å²) in [5, 5.41) is 12.9. The van der Waals surface area contributed by atoms with Crippen LogP contribution in [0.5, 0.6) is 0 Å². The van der Waals surface area contributed by atoms with Crippen molar-refractivity contribution < 1.29 is 19.1 Å². The van der Waals surface area contributed by atoms with Gasteiger partial charge in [-0.15, -0.1) is 11.3 Å². The van der Waals surface area contributed by atoms with Gasteiger partial charge in [0.15, 0.2) is 0 Å². The number of halogens is 1. The topological polar surface area (TPSA) is 64.1 Å². The van der Waals surface area contributed by atoms with E-state index in [0.717, 1.165) is 71.7 Å². The van der Waals surface area contributed by atoms with Crippen LogP contribution in [0.15, 0.2) is 41.8 Å². The summed E-state index contributed by atoms with van der Waals surface area (Å²) in [5.74, 6) is -1.24. The number of carboxylic acid groups (broad SMARTS) is 1. The molecule has 0 spiro atoms. The fraction of sp³-hybridized carbons (Fsp3) is 0.429. The number of benzene rings is 2. The lowest BCUT2D eigenvalue weighted by atomic mass is 9.95. The van der Waals surface area contributed by atoms with Gasteiger partial charge in [-0.2, -0.15) is 0 Å². The van der Waals surface area contributed by atoms with Crippen molar-refractivity contribution in [2.45, 2.75) is 45.1 Å². The van der Waals surface area contributed by atoms with E-state index in [-0.39, 0.29) is 11.7 Å². The second-order valence-corrected chi connectivity index (χ2v) is 10.7. The molecule has 6 nitrogen and oxygen atoms in total. The van der Waals surface area contributed by atoms with Crippen molar-refractivity contribution in [2.75, 3.05) is 42.5 Å². The quantitative estimate of drug-likeness (QED) is 0.466. The van der Waals surface area contributed by atoms with E-state index >= 15 is 0 Å². The molecule has 1 N–H and O–H groups in total. The maximum absolute atomic E-state index is 14.1. The number of rotatable bonds is 8. The number of carbonyl (C=O) groups excluding carboxylic acids is 1. The Morgan fingerprint density at radius 1 is 1.08 bits per heavy atom. The van der Waals surface area contributed by atoms with Crippen LogP contribution >= 0.6 is 11.3 Å². The molecule has 0 aliphatic carbocycles. The molecule has 1 atom stereocenters. The number of thiophene rings is 1. The van der Waals surface area contributed by atoms with Gasteiger partial charge in [0.1, 0.15) is 11.9 Å². The zero-order valence-electron chi connectivity index (χ0n) is 20.6. The molecule has 5 rings (SSSR count). The molecule has 2 aliphatic rings. The van der Waals surface area contributed by atoms with Crippen LogP contribution in [0.25, 0.3) is 10.1 Å². The SMILES string of the molecule is CCCC(C(=O)O)N1C(=O)CCc2ccc(CCN3CCN(c4cc(F)cc5sccc45)CC3)cc21. The van der Waals surface area contributed by atoms with Crippen molar-refractivity contribution in [1.29, 1.82) is 0 Å². The second kappa shape index (κ2) is 10.6. The van der Waals surface area contributed by atoms with E-state index in [1.807, 2.05) is 18.4 Å². The molecule has 1 amide bonds. The summed E-state index contributed by atoms with van der Waals surface area (Å²) in [5.41, 5.74) is 3.90. The van der Waals surface area contributed by atoms with E-state index in [0.29, 0.717) is 25.7 Å². The highest BCUT2D eigenvalue weighted by molar-refractivity contribution is 7.17. The van der Waals surface area contributed by atoms with Gasteiger partial charge in [-0.25, -0.2) is 9.18 Å². The van der Waals surface area contributed by atoms with Crippen LogP contribution in [0.2, 0.25) is 0 Å². The standard InChI is InChI=1S/C28H32FN3O3S/c1-2-3-23(28(34)35)32-24-16-19(4-5-20(24)6-7-27(32)33)8-10-30-11-13-31(14-12-30)25-17-21(29)18-26-22(25)9-15-36-26/h4-5,9,15-18,23H,2-3,6-8,10-14H2,1H3,(H,34,35). The Bertz CT molecular complexity index is 1270. The molecule has 0 bridgehead atoms. The Labute approximate surface area is 214 Å². The van der Waals surface area contributed by atoms with Crippen LogP contribution in [-0.2, 0) is 22.4 Å². The van der Waals surface area contributed by atoms with Gasteiger partial charge in [-0.1, -0.05) is 25.5 Å². The first-order chi connectivity index (χ1) is 17.4. The predicted molar refractivity (Wildman–Crippen MR) is 143 cm³/mol. The molecule has 0 saturated carbocycles. The summed E-state index contributed by atoms with van der Waals surface area (Å²) in [6, 6.07) is 10.7. The third kappa shape index (κ3) is 4.97. The summed E-state index contributed by atoms with van der Waals surface area (Å²) in [7, 11) is 0. The van der Waals surface area contributed by atoms with Crippen LogP contribution in [0.1, 0.15) is 37.3 Å². The van der Waals surface area contributed by atoms with Crippen molar-refractivity contribution in [3.63, 3.8) is 0 Å². The van der Waals surface area contributed by atoms with E-state index < -0.39 is 12.0 Å². The van der Waals surface area contributed by atoms with Crippen molar-refractivity contribution in [1.82, 2.24) is 4.90 Å². The molecular formula is C28H32FN3O3S. The molecule has 1 unspecified atom stereocenters. The Balaban J connectivity index is 1.24. The molecule has 3 heterocycles. The van der Waals surface area contributed by atoms with Crippen LogP contribution < -0.4 is 9.80 Å². The number of hydrogen-bond acceptors (Lipinski definition) is 5. The van der Waals surface area contributed by atoms with Crippen LogP contribution in [0, 0.1) is 5.82 Å². The van der Waals surface area contributed by atoms with Crippen LogP contribution in [0.3, 0.4) is 0 Å². The lowest BCUT2D eigenvalue weighted by Gasteiger charge is -2.37. The molecular weight excluding hydrogens is 477 g/mol. The summed E-state index contributed by atoms with van der Waals surface area (Å²) in [4.78, 5) is 30.9. The number of hydrogen-bond donors (Lipinski definition) is 1. The number of carboxylic acids is 1. The molecule has 2 aromatic carbocycles. The molecule has 2 aliphatic heterocycles. The number of aryl methyl sites for hydroxylation is 1. The van der Waals surface area contributed by atoms with Gasteiger partial charge in [0.05, 0.1) is 0 Å². The zero-order chi connectivity index (χ0) is 25.2. The molecule has 1 saturated heterocycles. The lowest BCUT2D eigenvalue weighted by Crippen LogP contribution is -2.47. The summed E-state index contributed by atoms with van der Waals surface area (Å²) in [6.07, 6.45) is 2.98. The summed E-state index contributed by atoms with van der Waals surface area (Å²) in [6.45, 7) is 6.31. The fourth-order valence-corrected chi connectivity index (χ4v) is 6.29. The average molecular weight is 510 g/mol. The van der Waals surface area contributed by atoms with Crippen molar-refractivity contribution in [2.24, 2.45) is 0 Å². The van der Waals surface area contributed by atoms with Crippen molar-refractivity contribution in [3.8, 4) is 0 Å². The molecule has 36 heavy (non-hydrogen) atoms. The van der Waals surface area contributed by atoms with Gasteiger partial charge >= 0.3 is 5.97 Å². The monoisotopic (exact) mass is 509 g/mol. The minimum absolute atomic E-state index is 0.103. The molecule has 1 aromatic heterocycles. The highest BCUT2D eigenvalue weighted by atomic mass is 32.1. The predicted octanol–water partition coefficient (Wildman–Crippen LogP) is 4.94. The first-order valence-electron chi connectivity index (χ1n) is 12.8. The first kappa shape index (κ1) is 24.7. The Hall–Kier alpha value is -2.97. The Morgan fingerprint density at radius 3 is 2.64 bits per heavy atom. The van der Waals surface area contributed by atoms with Gasteiger partial charge < -0.3 is 10.0 Å². The molecule has 8 heteroatoms. The van der Waals surface area contributed by atoms with E-state index in [2.05, 4.69) is 28.0 Å². The summed E-state index contributed by atoms with van der Waals surface area (Å²) < 4.78 is 15.1. The molecule has 3 aromatic rings. The van der Waals surface area contributed by atoms with Gasteiger partial charge in [0, 0.05) is 60.6 Å². The smallest absolute Gasteiger partial charge is 0.326 e. The number of aliphatic carboxylic acids is 1. The number of nitrogens with zero attached hydrogens (tertiary/aromatic N) is 3. The molecule has 190 valence electrons. The second-order valence-electron chi connectivity index (χ2n) is 9.71. The highest BCUT2D eigenvalue weighted by Crippen LogP contribution is 2.34. The van der Waals surface area contributed by atoms with E-state index in [9.17, 15) is 19.1 Å². The third-order valence-corrected chi connectivity index (χ3v) is 8.25. The Morgan fingerprint density at radius 2 is 1.89 bits per heavy atom. The number of amides is 1. The average Bonchev–Trinajstić information content (AvgIpc) is 3.34. The Kier molecular flexibility index (Phi) is 7.25. The van der Waals surface area contributed by atoms with Gasteiger partial charge in [-0.05, 0) is 60.0 Å². The minimum atomic E-state index is -0.945. The van der Waals surface area contributed by atoms with Gasteiger partial charge in [0.2, 0.25) is 5.91 Å². The fourth-order valence-electron chi connectivity index (χ4n) is 5.46. The van der Waals surface area contributed by atoms with Gasteiger partial charge in [-0.3, -0.25) is 14.6 Å². The van der Waals surface area contributed by atoms with E-state index in [4.69, 9.17) is 0 Å². The van der Waals surface area contributed by atoms with Gasteiger partial charge in [0.25, 0.3) is 0 Å². The highest BCUT2D eigenvalue weighted by Gasteiger charge is 2.34. The molecule has 0 radical (unpaired) electrons. The third-order valence-electron chi connectivity index (χ3n) is 7.39.